The molecule has 0 atom stereocenters. The van der Waals surface area contributed by atoms with Crippen LogP contribution in [-0.2, 0) is 0 Å². The number of hydrogen-bond acceptors (Lipinski definition) is 4. The van der Waals surface area contributed by atoms with Crippen LogP contribution >= 0.6 is 0 Å². The van der Waals surface area contributed by atoms with Gasteiger partial charge in [0, 0.05) is 12.6 Å². The number of rotatable bonds is 5. The minimum atomic E-state index is -0.213. The van der Waals surface area contributed by atoms with Crippen LogP contribution < -0.4 is 16.0 Å². The molecule has 1 aromatic heterocycles. The Balaban J connectivity index is 1.80. The molecule has 0 spiro atoms. The van der Waals surface area contributed by atoms with Crippen LogP contribution in [0.5, 0.6) is 0 Å². The molecule has 1 fully saturated rings. The van der Waals surface area contributed by atoms with Gasteiger partial charge in [0.25, 0.3) is 0 Å². The Morgan fingerprint density at radius 2 is 2.00 bits per heavy atom. The molecule has 6 nitrogen and oxygen atoms in total. The first-order valence-corrected chi connectivity index (χ1v) is 6.28. The van der Waals surface area contributed by atoms with Crippen LogP contribution in [0.2, 0.25) is 0 Å². The molecule has 3 N–H and O–H groups in total. The first kappa shape index (κ1) is 12.6. The monoisotopic (exact) mass is 249 g/mol. The van der Waals surface area contributed by atoms with Crippen LogP contribution in [0.1, 0.15) is 26.7 Å². The molecule has 0 bridgehead atoms. The zero-order valence-corrected chi connectivity index (χ0v) is 10.7. The zero-order valence-electron chi connectivity index (χ0n) is 10.7. The average molecular weight is 249 g/mol. The van der Waals surface area contributed by atoms with Crippen molar-refractivity contribution in [1.29, 1.82) is 0 Å². The molecule has 0 aliphatic heterocycles. The minimum Gasteiger partial charge on any atom is -0.368 e. The summed E-state index contributed by atoms with van der Waals surface area (Å²) in [7, 11) is 0. The Bertz CT molecular complexity index is 399. The third-order valence-corrected chi connectivity index (χ3v) is 2.51. The molecule has 1 aliphatic rings. The maximum atomic E-state index is 11.5. The summed E-state index contributed by atoms with van der Waals surface area (Å²) in [6.45, 7) is 5.10. The summed E-state index contributed by atoms with van der Waals surface area (Å²) >= 11 is 0. The van der Waals surface area contributed by atoms with Gasteiger partial charge in [-0.15, -0.1) is 10.2 Å². The highest BCUT2D eigenvalue weighted by atomic mass is 16.2. The smallest absolute Gasteiger partial charge is 0.320 e. The Morgan fingerprint density at radius 3 is 2.56 bits per heavy atom. The normalized spacial score (nSPS) is 14.4. The highest BCUT2D eigenvalue weighted by Gasteiger charge is 2.23. The average Bonchev–Trinajstić information content (AvgIpc) is 3.12. The second kappa shape index (κ2) is 5.66. The van der Waals surface area contributed by atoms with Crippen molar-refractivity contribution in [3.05, 3.63) is 12.1 Å². The number of amides is 2. The molecule has 18 heavy (non-hydrogen) atoms. The maximum absolute atomic E-state index is 11.5. The lowest BCUT2D eigenvalue weighted by Gasteiger charge is -2.08. The molecule has 0 aromatic carbocycles. The first-order valence-electron chi connectivity index (χ1n) is 6.28. The lowest BCUT2D eigenvalue weighted by molar-refractivity contribution is 0.251. The van der Waals surface area contributed by atoms with E-state index in [2.05, 4.69) is 40.0 Å². The van der Waals surface area contributed by atoms with Crippen molar-refractivity contribution in [2.75, 3.05) is 17.2 Å². The molecule has 98 valence electrons. The number of anilines is 2. The molecule has 6 heteroatoms. The zero-order chi connectivity index (χ0) is 13.0. The summed E-state index contributed by atoms with van der Waals surface area (Å²) < 4.78 is 0. The summed E-state index contributed by atoms with van der Waals surface area (Å²) in [6.07, 6.45) is 2.13. The third kappa shape index (κ3) is 4.20. The summed E-state index contributed by atoms with van der Waals surface area (Å²) in [6, 6.07) is 3.67. The highest BCUT2D eigenvalue weighted by Crippen LogP contribution is 2.18. The number of nitrogens with one attached hydrogen (secondary N) is 3. The predicted molar refractivity (Wildman–Crippen MR) is 70.5 cm³/mol. The molecule has 1 aliphatic carbocycles. The van der Waals surface area contributed by atoms with Gasteiger partial charge in [0.1, 0.15) is 5.82 Å². The van der Waals surface area contributed by atoms with Crippen molar-refractivity contribution in [2.24, 2.45) is 5.92 Å². The highest BCUT2D eigenvalue weighted by molar-refractivity contribution is 5.88. The van der Waals surface area contributed by atoms with E-state index < -0.39 is 0 Å². The van der Waals surface area contributed by atoms with Gasteiger partial charge in [-0.25, -0.2) is 4.79 Å². The Hall–Kier alpha value is -1.85. The Kier molecular flexibility index (Phi) is 3.96. The van der Waals surface area contributed by atoms with Gasteiger partial charge in [0.15, 0.2) is 5.82 Å². The van der Waals surface area contributed by atoms with Crippen molar-refractivity contribution in [3.63, 3.8) is 0 Å². The quantitative estimate of drug-likeness (QED) is 0.744. The van der Waals surface area contributed by atoms with Crippen LogP contribution in [0.4, 0.5) is 16.4 Å². The van der Waals surface area contributed by atoms with E-state index in [9.17, 15) is 4.79 Å². The Labute approximate surface area is 107 Å². The lowest BCUT2D eigenvalue weighted by Crippen LogP contribution is -2.30. The van der Waals surface area contributed by atoms with Crippen LogP contribution in [0, 0.1) is 5.92 Å². The second-order valence-electron chi connectivity index (χ2n) is 4.95. The maximum Gasteiger partial charge on any atom is 0.320 e. The van der Waals surface area contributed by atoms with Gasteiger partial charge in [-0.3, -0.25) is 5.32 Å². The third-order valence-electron chi connectivity index (χ3n) is 2.51. The van der Waals surface area contributed by atoms with Crippen LogP contribution in [0.15, 0.2) is 12.1 Å². The van der Waals surface area contributed by atoms with Gasteiger partial charge < -0.3 is 10.6 Å². The van der Waals surface area contributed by atoms with Gasteiger partial charge in [-0.2, -0.15) is 0 Å². The molecule has 2 rings (SSSR count). The van der Waals surface area contributed by atoms with E-state index in [-0.39, 0.29) is 6.03 Å². The van der Waals surface area contributed by atoms with Gasteiger partial charge in [0.2, 0.25) is 0 Å². The van der Waals surface area contributed by atoms with E-state index in [4.69, 9.17) is 0 Å². The molecule has 1 heterocycles. The predicted octanol–water partition coefficient (Wildman–Crippen LogP) is 1.83. The fourth-order valence-corrected chi connectivity index (χ4v) is 1.37. The molecule has 1 aromatic rings. The summed E-state index contributed by atoms with van der Waals surface area (Å²) in [5.74, 6) is 1.73. The van der Waals surface area contributed by atoms with Crippen molar-refractivity contribution in [1.82, 2.24) is 15.5 Å². The van der Waals surface area contributed by atoms with Crippen LogP contribution in [0.3, 0.4) is 0 Å². The molecular formula is C12H19N5O. The number of carbonyl (C=O) groups excluding carboxylic acids is 1. The van der Waals surface area contributed by atoms with Crippen molar-refractivity contribution < 1.29 is 4.79 Å². The van der Waals surface area contributed by atoms with E-state index in [0.29, 0.717) is 17.8 Å². The van der Waals surface area contributed by atoms with E-state index in [1.165, 1.54) is 0 Å². The largest absolute Gasteiger partial charge is 0.368 e. The number of carbonyl (C=O) groups is 1. The number of nitrogens with zero attached hydrogens (tertiary/aromatic N) is 2. The fourth-order valence-electron chi connectivity index (χ4n) is 1.37. The van der Waals surface area contributed by atoms with E-state index in [1.54, 1.807) is 6.07 Å². The molecule has 2 amide bonds. The minimum absolute atomic E-state index is 0.213. The first-order chi connectivity index (χ1) is 8.63. The van der Waals surface area contributed by atoms with E-state index >= 15 is 0 Å². The molecular weight excluding hydrogens is 230 g/mol. The summed E-state index contributed by atoms with van der Waals surface area (Å²) in [4.78, 5) is 11.5. The van der Waals surface area contributed by atoms with Crippen molar-refractivity contribution in [2.45, 2.75) is 32.7 Å². The van der Waals surface area contributed by atoms with Crippen molar-refractivity contribution >= 4 is 17.7 Å². The molecule has 0 radical (unpaired) electrons. The fraction of sp³-hybridized carbons (Fsp3) is 0.583. The summed E-state index contributed by atoms with van der Waals surface area (Å²) in [5.41, 5.74) is 0. The van der Waals surface area contributed by atoms with E-state index in [1.807, 2.05) is 6.07 Å². The molecule has 1 saturated carbocycles. The van der Waals surface area contributed by atoms with Crippen LogP contribution in [-0.4, -0.2) is 28.8 Å². The lowest BCUT2D eigenvalue weighted by atomic mass is 10.2. The Morgan fingerprint density at radius 1 is 1.33 bits per heavy atom. The number of aromatic nitrogens is 2. The van der Waals surface area contributed by atoms with Gasteiger partial charge >= 0.3 is 6.03 Å². The van der Waals surface area contributed by atoms with Gasteiger partial charge in [-0.1, -0.05) is 13.8 Å². The molecule has 0 saturated heterocycles. The molecule has 0 unspecified atom stereocenters. The second-order valence-corrected chi connectivity index (χ2v) is 4.95. The van der Waals surface area contributed by atoms with Gasteiger partial charge in [0.05, 0.1) is 0 Å². The van der Waals surface area contributed by atoms with Crippen molar-refractivity contribution in [3.8, 4) is 0 Å². The standard InChI is InChI=1S/C12H19N5O/c1-8(2)7-13-10-5-6-11(17-16-10)15-12(18)14-9-3-4-9/h5-6,8-9H,3-4,7H2,1-2H3,(H,13,16)(H2,14,15,17,18). The van der Waals surface area contributed by atoms with Gasteiger partial charge in [-0.05, 0) is 30.9 Å². The number of hydrogen-bond donors (Lipinski definition) is 3. The van der Waals surface area contributed by atoms with Crippen LogP contribution in [0.25, 0.3) is 0 Å². The number of urea groups is 1. The SMILES string of the molecule is CC(C)CNc1ccc(NC(=O)NC2CC2)nn1. The van der Waals surface area contributed by atoms with E-state index in [0.717, 1.165) is 25.2 Å². The summed E-state index contributed by atoms with van der Waals surface area (Å²) in [5, 5.41) is 16.6. The topological polar surface area (TPSA) is 78.9 Å².